The second-order valence-electron chi connectivity index (χ2n) is 6.88. The number of hydrogen-bond donors (Lipinski definition) is 1. The minimum absolute atomic E-state index is 0.00544. The first-order chi connectivity index (χ1) is 10.8. The number of morpholine rings is 1. The summed E-state index contributed by atoms with van der Waals surface area (Å²) in [7, 11) is 0. The molecule has 3 atom stereocenters. The second-order valence-corrected chi connectivity index (χ2v) is 6.88. The van der Waals surface area contributed by atoms with Crippen LogP contribution < -0.4 is 5.32 Å². The summed E-state index contributed by atoms with van der Waals surface area (Å²) in [6.07, 6.45) is 7.47. The van der Waals surface area contributed by atoms with Gasteiger partial charge in [0.05, 0.1) is 18.1 Å². The molecule has 2 bridgehead atoms. The summed E-state index contributed by atoms with van der Waals surface area (Å²) < 4.78 is 6.00. The Labute approximate surface area is 131 Å². The Hall–Kier alpha value is -1.46. The molecule has 1 aliphatic carbocycles. The van der Waals surface area contributed by atoms with Crippen molar-refractivity contribution in [1.29, 1.82) is 0 Å². The molecule has 4 rings (SSSR count). The van der Waals surface area contributed by atoms with E-state index in [-0.39, 0.29) is 24.0 Å². The fraction of sp³-hybridized carbons (Fsp3) is 0.647. The van der Waals surface area contributed by atoms with E-state index >= 15 is 0 Å². The molecule has 5 heteroatoms. The Morgan fingerprint density at radius 3 is 3.09 bits per heavy atom. The van der Waals surface area contributed by atoms with Gasteiger partial charge in [-0.3, -0.25) is 14.7 Å². The van der Waals surface area contributed by atoms with E-state index < -0.39 is 0 Å². The average Bonchev–Trinajstić information content (AvgIpc) is 3.29. The molecule has 2 aliphatic heterocycles. The number of hydrogen-bond acceptors (Lipinski definition) is 4. The van der Waals surface area contributed by atoms with E-state index in [9.17, 15) is 4.79 Å². The van der Waals surface area contributed by atoms with Crippen molar-refractivity contribution in [3.8, 4) is 0 Å². The van der Waals surface area contributed by atoms with Crippen molar-refractivity contribution >= 4 is 5.91 Å². The molecular formula is C17H23N3O2. The van der Waals surface area contributed by atoms with Gasteiger partial charge in [0.1, 0.15) is 0 Å². The summed E-state index contributed by atoms with van der Waals surface area (Å²) >= 11 is 0. The molecule has 22 heavy (non-hydrogen) atoms. The van der Waals surface area contributed by atoms with Crippen LogP contribution in [0.15, 0.2) is 24.5 Å². The third-order valence-corrected chi connectivity index (χ3v) is 4.97. The first-order valence-corrected chi connectivity index (χ1v) is 8.32. The van der Waals surface area contributed by atoms with Crippen LogP contribution in [0.4, 0.5) is 0 Å². The summed E-state index contributed by atoms with van der Waals surface area (Å²) in [5, 5.41) is 3.04. The van der Waals surface area contributed by atoms with Gasteiger partial charge in [0.2, 0.25) is 5.91 Å². The number of ether oxygens (including phenoxy) is 1. The molecule has 3 fully saturated rings. The van der Waals surface area contributed by atoms with Gasteiger partial charge in [-0.2, -0.15) is 0 Å². The zero-order chi connectivity index (χ0) is 14.9. The maximum atomic E-state index is 12.5. The summed E-state index contributed by atoms with van der Waals surface area (Å²) in [4.78, 5) is 19.1. The quantitative estimate of drug-likeness (QED) is 0.888. The van der Waals surface area contributed by atoms with Crippen molar-refractivity contribution in [2.24, 2.45) is 11.8 Å². The van der Waals surface area contributed by atoms with Gasteiger partial charge in [-0.25, -0.2) is 0 Å². The van der Waals surface area contributed by atoms with Gasteiger partial charge < -0.3 is 10.1 Å². The molecular weight excluding hydrogens is 278 g/mol. The van der Waals surface area contributed by atoms with Crippen LogP contribution in [0, 0.1) is 11.8 Å². The number of amides is 1. The van der Waals surface area contributed by atoms with Crippen molar-refractivity contribution in [3.63, 3.8) is 0 Å². The standard InChI is InChI=1S/C17H23N3O2/c21-17(19-8-13-2-1-5-18-7-13)15-6-14-10-20(9-12-3-4-12)11-16(15)22-14/h1-2,5,7,12,14-16H,3-4,6,8-11H2,(H,19,21)/t14-,15-,16+/m0/s1. The zero-order valence-corrected chi connectivity index (χ0v) is 12.8. The number of likely N-dealkylation sites (tertiary alicyclic amines) is 1. The van der Waals surface area contributed by atoms with E-state index in [1.54, 1.807) is 12.4 Å². The molecule has 5 nitrogen and oxygen atoms in total. The van der Waals surface area contributed by atoms with E-state index in [1.165, 1.54) is 19.4 Å². The van der Waals surface area contributed by atoms with Crippen LogP contribution in [0.2, 0.25) is 0 Å². The summed E-state index contributed by atoms with van der Waals surface area (Å²) in [5.41, 5.74) is 1.04. The number of carbonyl (C=O) groups excluding carboxylic acids is 1. The van der Waals surface area contributed by atoms with Gasteiger partial charge in [-0.15, -0.1) is 0 Å². The molecule has 0 aromatic carbocycles. The lowest BCUT2D eigenvalue weighted by atomic mass is 9.99. The lowest BCUT2D eigenvalue weighted by molar-refractivity contribution is -0.128. The highest BCUT2D eigenvalue weighted by molar-refractivity contribution is 5.79. The van der Waals surface area contributed by atoms with Crippen molar-refractivity contribution < 1.29 is 9.53 Å². The predicted molar refractivity (Wildman–Crippen MR) is 82.0 cm³/mol. The fourth-order valence-electron chi connectivity index (χ4n) is 3.65. The van der Waals surface area contributed by atoms with Crippen LogP contribution in [0.3, 0.4) is 0 Å². The van der Waals surface area contributed by atoms with Crippen LogP contribution in [0.1, 0.15) is 24.8 Å². The molecule has 0 unspecified atom stereocenters. The maximum absolute atomic E-state index is 12.5. The van der Waals surface area contributed by atoms with Gasteiger partial charge in [0.15, 0.2) is 0 Å². The number of nitrogens with one attached hydrogen (secondary N) is 1. The highest BCUT2D eigenvalue weighted by Gasteiger charge is 2.45. The largest absolute Gasteiger partial charge is 0.371 e. The van der Waals surface area contributed by atoms with E-state index in [4.69, 9.17) is 4.74 Å². The minimum atomic E-state index is 0.00544. The molecule has 2 saturated heterocycles. The molecule has 118 valence electrons. The third-order valence-electron chi connectivity index (χ3n) is 4.97. The maximum Gasteiger partial charge on any atom is 0.226 e. The molecule has 3 aliphatic rings. The molecule has 3 heterocycles. The van der Waals surface area contributed by atoms with Gasteiger partial charge in [0.25, 0.3) is 0 Å². The topological polar surface area (TPSA) is 54.5 Å². The number of fused-ring (bicyclic) bond motifs is 2. The van der Waals surface area contributed by atoms with Gasteiger partial charge in [-0.1, -0.05) is 6.07 Å². The molecule has 1 amide bonds. The number of rotatable bonds is 5. The van der Waals surface area contributed by atoms with E-state index in [0.29, 0.717) is 6.54 Å². The number of aromatic nitrogens is 1. The van der Waals surface area contributed by atoms with Crippen molar-refractivity contribution in [2.75, 3.05) is 19.6 Å². The lowest BCUT2D eigenvalue weighted by Gasteiger charge is -2.32. The van der Waals surface area contributed by atoms with Gasteiger partial charge >= 0.3 is 0 Å². The molecule has 1 aromatic rings. The van der Waals surface area contributed by atoms with Gasteiger partial charge in [-0.05, 0) is 36.8 Å². The highest BCUT2D eigenvalue weighted by Crippen LogP contribution is 2.35. The minimum Gasteiger partial charge on any atom is -0.371 e. The molecule has 0 radical (unpaired) electrons. The van der Waals surface area contributed by atoms with Gasteiger partial charge in [0, 0.05) is 38.6 Å². The van der Waals surface area contributed by atoms with Crippen LogP contribution in [-0.4, -0.2) is 47.6 Å². The smallest absolute Gasteiger partial charge is 0.226 e. The Morgan fingerprint density at radius 1 is 1.41 bits per heavy atom. The summed E-state index contributed by atoms with van der Waals surface area (Å²) in [6, 6.07) is 3.87. The predicted octanol–water partition coefficient (Wildman–Crippen LogP) is 1.20. The Bertz CT molecular complexity index is 532. The van der Waals surface area contributed by atoms with Crippen LogP contribution >= 0.6 is 0 Å². The molecule has 0 spiro atoms. The SMILES string of the molecule is O=C(NCc1cccnc1)[C@H]1C[C@H]2CN(CC3CC3)C[C@H]1O2. The third kappa shape index (κ3) is 3.15. The summed E-state index contributed by atoms with van der Waals surface area (Å²) in [5.74, 6) is 1.03. The Kier molecular flexibility index (Phi) is 3.84. The number of nitrogens with zero attached hydrogens (tertiary/aromatic N) is 2. The van der Waals surface area contributed by atoms with E-state index in [0.717, 1.165) is 31.0 Å². The first-order valence-electron chi connectivity index (χ1n) is 8.32. The highest BCUT2D eigenvalue weighted by atomic mass is 16.5. The van der Waals surface area contributed by atoms with Crippen LogP contribution in [-0.2, 0) is 16.1 Å². The fourth-order valence-corrected chi connectivity index (χ4v) is 3.65. The molecule has 1 N–H and O–H groups in total. The van der Waals surface area contributed by atoms with E-state index in [2.05, 4.69) is 15.2 Å². The number of carbonyl (C=O) groups is 1. The van der Waals surface area contributed by atoms with Crippen molar-refractivity contribution in [3.05, 3.63) is 30.1 Å². The monoisotopic (exact) mass is 301 g/mol. The lowest BCUT2D eigenvalue weighted by Crippen LogP contribution is -2.46. The molecule has 1 saturated carbocycles. The van der Waals surface area contributed by atoms with Crippen LogP contribution in [0.25, 0.3) is 0 Å². The van der Waals surface area contributed by atoms with Crippen molar-refractivity contribution in [2.45, 2.75) is 38.0 Å². The summed E-state index contributed by atoms with van der Waals surface area (Å²) in [6.45, 7) is 3.66. The molecule has 1 aromatic heterocycles. The zero-order valence-electron chi connectivity index (χ0n) is 12.8. The normalized spacial score (nSPS) is 31.2. The first kappa shape index (κ1) is 14.2. The second kappa shape index (κ2) is 5.97. The van der Waals surface area contributed by atoms with Crippen LogP contribution in [0.5, 0.6) is 0 Å². The van der Waals surface area contributed by atoms with Crippen molar-refractivity contribution in [1.82, 2.24) is 15.2 Å². The Morgan fingerprint density at radius 2 is 2.32 bits per heavy atom. The Balaban J connectivity index is 1.31. The van der Waals surface area contributed by atoms with E-state index in [1.807, 2.05) is 12.1 Å². The average molecular weight is 301 g/mol. The number of pyridine rings is 1.